The van der Waals surface area contributed by atoms with Gasteiger partial charge in [0.05, 0.1) is 20.3 Å². The number of aryl methyl sites for hydroxylation is 1. The number of hydrogen-bond donors (Lipinski definition) is 1. The van der Waals surface area contributed by atoms with Gasteiger partial charge in [-0.25, -0.2) is 9.59 Å². The molecule has 0 heterocycles. The number of hydrogen-bond acceptors (Lipinski definition) is 6. The highest BCUT2D eigenvalue weighted by molar-refractivity contribution is 5.95. The number of benzene rings is 2. The fraction of sp³-hybridized carbons (Fsp3) is 0.300. The minimum atomic E-state index is -0.574. The Morgan fingerprint density at radius 2 is 1.89 bits per heavy atom. The number of carbonyl (C=O) groups excluding carboxylic acids is 2. The third kappa shape index (κ3) is 5.72. The van der Waals surface area contributed by atoms with Crippen LogP contribution in [0.25, 0.3) is 10.8 Å². The first kappa shape index (κ1) is 20.3. The number of rotatable bonds is 9. The van der Waals surface area contributed by atoms with E-state index < -0.39 is 12.1 Å². The van der Waals surface area contributed by atoms with Crippen LogP contribution in [0.3, 0.4) is 0 Å². The van der Waals surface area contributed by atoms with Gasteiger partial charge in [-0.05, 0) is 18.6 Å². The number of nitrogens with one attached hydrogen (secondary N) is 1. The van der Waals surface area contributed by atoms with Crippen molar-refractivity contribution in [3.05, 3.63) is 48.6 Å². The van der Waals surface area contributed by atoms with Crippen molar-refractivity contribution in [1.82, 2.24) is 5.32 Å². The zero-order valence-electron chi connectivity index (χ0n) is 15.4. The lowest BCUT2D eigenvalue weighted by molar-refractivity contribution is -0.139. The van der Waals surface area contributed by atoms with Crippen molar-refractivity contribution in [1.29, 1.82) is 0 Å². The summed E-state index contributed by atoms with van der Waals surface area (Å²) in [4.78, 5) is 22.9. The van der Waals surface area contributed by atoms with E-state index in [0.717, 1.165) is 28.2 Å². The molecule has 0 aliphatic heterocycles. The summed E-state index contributed by atoms with van der Waals surface area (Å²) in [5, 5.41) is 4.28. The second kappa shape index (κ2) is 10.2. The molecule has 0 spiro atoms. The minimum absolute atomic E-state index is 0.131. The molecule has 0 bridgehead atoms. The van der Waals surface area contributed by atoms with Crippen LogP contribution in [-0.2, 0) is 14.3 Å². The average molecular weight is 373 g/mol. The molecule has 0 saturated heterocycles. The molecule has 0 radical (unpaired) electrons. The van der Waals surface area contributed by atoms with Gasteiger partial charge in [0.1, 0.15) is 18.1 Å². The molecule has 0 aliphatic carbocycles. The quantitative estimate of drug-likeness (QED) is 0.413. The van der Waals surface area contributed by atoms with Crippen LogP contribution in [0, 0.1) is 6.92 Å². The largest absolute Gasteiger partial charge is 0.496 e. The van der Waals surface area contributed by atoms with Crippen molar-refractivity contribution in [2.75, 3.05) is 33.5 Å². The summed E-state index contributed by atoms with van der Waals surface area (Å²) < 4.78 is 20.9. The van der Waals surface area contributed by atoms with Crippen molar-refractivity contribution >= 4 is 22.8 Å². The van der Waals surface area contributed by atoms with Gasteiger partial charge in [0, 0.05) is 23.4 Å². The highest BCUT2D eigenvalue weighted by atomic mass is 16.6. The molecule has 144 valence electrons. The third-order valence-electron chi connectivity index (χ3n) is 3.71. The fourth-order valence-corrected chi connectivity index (χ4v) is 2.47. The van der Waals surface area contributed by atoms with E-state index in [0.29, 0.717) is 5.75 Å². The lowest BCUT2D eigenvalue weighted by atomic mass is 10.0. The van der Waals surface area contributed by atoms with Crippen LogP contribution in [0.15, 0.2) is 43.0 Å². The zero-order valence-corrected chi connectivity index (χ0v) is 15.4. The number of ether oxygens (including phenoxy) is 4. The molecule has 1 N–H and O–H groups in total. The highest BCUT2D eigenvalue weighted by Crippen LogP contribution is 2.36. The van der Waals surface area contributed by atoms with E-state index >= 15 is 0 Å². The smallest absolute Gasteiger partial charge is 0.412 e. The predicted octanol–water partition coefficient (Wildman–Crippen LogP) is 2.99. The van der Waals surface area contributed by atoms with E-state index in [1.807, 2.05) is 37.3 Å². The van der Waals surface area contributed by atoms with Crippen molar-refractivity contribution in [3.8, 4) is 11.5 Å². The Balaban J connectivity index is 1.85. The molecule has 0 fully saturated rings. The van der Waals surface area contributed by atoms with E-state index in [1.54, 1.807) is 7.11 Å². The molecule has 0 atom stereocenters. The molecule has 2 aromatic carbocycles. The van der Waals surface area contributed by atoms with E-state index in [4.69, 9.17) is 18.9 Å². The van der Waals surface area contributed by atoms with E-state index in [9.17, 15) is 9.59 Å². The zero-order chi connectivity index (χ0) is 19.6. The number of fused-ring (bicyclic) bond motifs is 1. The molecule has 2 aromatic rings. The summed E-state index contributed by atoms with van der Waals surface area (Å²) in [5.41, 5.74) is 0.793. The Morgan fingerprint density at radius 1 is 1.15 bits per heavy atom. The predicted molar refractivity (Wildman–Crippen MR) is 101 cm³/mol. The first-order chi connectivity index (χ1) is 13.1. The molecular weight excluding hydrogens is 350 g/mol. The topological polar surface area (TPSA) is 83.1 Å². The van der Waals surface area contributed by atoms with Crippen LogP contribution < -0.4 is 14.8 Å². The van der Waals surface area contributed by atoms with Gasteiger partial charge >= 0.3 is 12.1 Å². The second-order valence-corrected chi connectivity index (χ2v) is 5.57. The first-order valence-corrected chi connectivity index (χ1v) is 8.45. The second-order valence-electron chi connectivity index (χ2n) is 5.57. The van der Waals surface area contributed by atoms with Crippen molar-refractivity contribution in [2.45, 2.75) is 6.92 Å². The Bertz CT molecular complexity index is 817. The SMILES string of the molecule is C=CC(=O)OCCOCCNC(=O)Oc1c(C)cc(OC)c2ccccc12. The van der Waals surface area contributed by atoms with Crippen LogP contribution in [0.2, 0.25) is 0 Å². The van der Waals surface area contributed by atoms with Crippen molar-refractivity contribution in [2.24, 2.45) is 0 Å². The lowest BCUT2D eigenvalue weighted by Gasteiger charge is -2.14. The molecule has 1 amide bonds. The van der Waals surface area contributed by atoms with Gasteiger partial charge in [-0.1, -0.05) is 30.8 Å². The van der Waals surface area contributed by atoms with E-state index in [-0.39, 0.29) is 26.4 Å². The lowest BCUT2D eigenvalue weighted by Crippen LogP contribution is -2.30. The fourth-order valence-electron chi connectivity index (χ4n) is 2.47. The average Bonchev–Trinajstić information content (AvgIpc) is 2.68. The van der Waals surface area contributed by atoms with Crippen LogP contribution >= 0.6 is 0 Å². The van der Waals surface area contributed by atoms with Gasteiger partial charge in [0.25, 0.3) is 0 Å². The number of esters is 1. The highest BCUT2D eigenvalue weighted by Gasteiger charge is 2.14. The summed E-state index contributed by atoms with van der Waals surface area (Å²) >= 11 is 0. The molecule has 2 rings (SSSR count). The van der Waals surface area contributed by atoms with Gasteiger partial charge in [-0.15, -0.1) is 0 Å². The van der Waals surface area contributed by atoms with Crippen LogP contribution in [-0.4, -0.2) is 45.5 Å². The normalized spacial score (nSPS) is 10.3. The van der Waals surface area contributed by atoms with Crippen LogP contribution in [0.4, 0.5) is 4.79 Å². The summed E-state index contributed by atoms with van der Waals surface area (Å²) in [5.74, 6) is 0.713. The van der Waals surface area contributed by atoms with E-state index in [2.05, 4.69) is 11.9 Å². The van der Waals surface area contributed by atoms with Gasteiger partial charge in [-0.3, -0.25) is 0 Å². The van der Waals surface area contributed by atoms with Crippen molar-refractivity contribution < 1.29 is 28.5 Å². The van der Waals surface area contributed by atoms with Gasteiger partial charge in [-0.2, -0.15) is 0 Å². The van der Waals surface area contributed by atoms with Crippen molar-refractivity contribution in [3.63, 3.8) is 0 Å². The summed E-state index contributed by atoms with van der Waals surface area (Å²) in [7, 11) is 1.60. The maximum atomic E-state index is 12.1. The summed E-state index contributed by atoms with van der Waals surface area (Å²) in [6.07, 6.45) is 0.512. The van der Waals surface area contributed by atoms with Gasteiger partial charge in [0.2, 0.25) is 0 Å². The molecule has 7 heteroatoms. The number of carbonyl (C=O) groups is 2. The Morgan fingerprint density at radius 3 is 2.59 bits per heavy atom. The van der Waals surface area contributed by atoms with E-state index in [1.165, 1.54) is 0 Å². The van der Waals surface area contributed by atoms with Gasteiger partial charge < -0.3 is 24.3 Å². The maximum Gasteiger partial charge on any atom is 0.412 e. The van der Waals surface area contributed by atoms with Gasteiger partial charge in [0.15, 0.2) is 0 Å². The molecule has 0 saturated carbocycles. The first-order valence-electron chi connectivity index (χ1n) is 8.45. The molecule has 0 aliphatic rings. The molecular formula is C20H23NO6. The Hall–Kier alpha value is -3.06. The monoisotopic (exact) mass is 373 g/mol. The molecule has 0 aromatic heterocycles. The maximum absolute atomic E-state index is 12.1. The molecule has 0 unspecified atom stereocenters. The minimum Gasteiger partial charge on any atom is -0.496 e. The number of methoxy groups -OCH3 is 1. The Labute approximate surface area is 157 Å². The van der Waals surface area contributed by atoms with Crippen LogP contribution in [0.1, 0.15) is 5.56 Å². The third-order valence-corrected chi connectivity index (χ3v) is 3.71. The molecule has 7 nitrogen and oxygen atoms in total. The Kier molecular flexibility index (Phi) is 7.63. The summed E-state index contributed by atoms with van der Waals surface area (Å²) in [6, 6.07) is 9.39. The van der Waals surface area contributed by atoms with Crippen LogP contribution in [0.5, 0.6) is 11.5 Å². The summed E-state index contributed by atoms with van der Waals surface area (Å²) in [6.45, 7) is 6.04. The standard InChI is InChI=1S/C20H23NO6/c1-4-18(22)26-12-11-25-10-9-21-20(23)27-19-14(2)13-17(24-3)15-7-5-6-8-16(15)19/h4-8,13H,1,9-12H2,2-3H3,(H,21,23). The molecule has 27 heavy (non-hydrogen) atoms. The number of amides is 1.